The monoisotopic (exact) mass is 396 g/mol. The maximum absolute atomic E-state index is 3.64. The lowest BCUT2D eigenvalue weighted by Crippen LogP contribution is -1.97. The van der Waals surface area contributed by atoms with Gasteiger partial charge in [0.1, 0.15) is 0 Å². The number of allylic oxidation sites excluding steroid dienone is 2. The summed E-state index contributed by atoms with van der Waals surface area (Å²) in [7, 11) is 0. The molecule has 0 atom stereocenters. The number of fused-ring (bicyclic) bond motifs is 8. The zero-order valence-corrected chi connectivity index (χ0v) is 18.0. The number of hydrogen-bond donors (Lipinski definition) is 4. The predicted octanol–water partition coefficient (Wildman–Crippen LogP) is 6.18. The van der Waals surface area contributed by atoms with E-state index >= 15 is 0 Å². The van der Waals surface area contributed by atoms with Gasteiger partial charge in [0, 0.05) is 69.5 Å². The Morgan fingerprint density at radius 3 is 0.967 bits per heavy atom. The molecule has 8 bridgehead atoms. The van der Waals surface area contributed by atoms with Gasteiger partial charge < -0.3 is 19.9 Å². The summed E-state index contributed by atoms with van der Waals surface area (Å²) in [6.07, 6.45) is 1.69. The van der Waals surface area contributed by atoms with Crippen LogP contribution in [0.1, 0.15) is 73.2 Å². The fraction of sp³-hybridized carbons (Fsp3) is 0.231. The fourth-order valence-corrected chi connectivity index (χ4v) is 4.53. The lowest BCUT2D eigenvalue weighted by Gasteiger charge is -2.09. The third-order valence-electron chi connectivity index (χ3n) is 5.82. The third kappa shape index (κ3) is 3.28. The van der Waals surface area contributed by atoms with Crippen molar-refractivity contribution in [3.05, 3.63) is 105 Å². The summed E-state index contributed by atoms with van der Waals surface area (Å²) in [6.45, 7) is 8.68. The summed E-state index contributed by atoms with van der Waals surface area (Å²) in [5.74, 6) is 0. The van der Waals surface area contributed by atoms with Gasteiger partial charge >= 0.3 is 0 Å². The highest BCUT2D eigenvalue weighted by atomic mass is 14.8. The van der Waals surface area contributed by atoms with Gasteiger partial charge in [-0.1, -0.05) is 11.1 Å². The van der Waals surface area contributed by atoms with E-state index in [2.05, 4.69) is 96.2 Å². The smallest absolute Gasteiger partial charge is 0.0476 e. The molecule has 0 unspecified atom stereocenters. The minimum Gasteiger partial charge on any atom is -0.358 e. The van der Waals surface area contributed by atoms with Crippen LogP contribution in [-0.4, -0.2) is 19.9 Å². The highest BCUT2D eigenvalue weighted by Gasteiger charge is 2.16. The molecule has 0 aliphatic carbocycles. The van der Waals surface area contributed by atoms with Crippen molar-refractivity contribution in [2.24, 2.45) is 0 Å². The van der Waals surface area contributed by atoms with Crippen LogP contribution >= 0.6 is 0 Å². The van der Waals surface area contributed by atoms with Crippen molar-refractivity contribution in [3.63, 3.8) is 0 Å². The molecule has 30 heavy (non-hydrogen) atoms. The van der Waals surface area contributed by atoms with Crippen LogP contribution in [-0.2, 0) is 12.8 Å². The Hall–Kier alpha value is -3.40. The molecule has 4 aromatic rings. The molecular weight excluding hydrogens is 368 g/mol. The fourth-order valence-electron chi connectivity index (χ4n) is 4.53. The van der Waals surface area contributed by atoms with Gasteiger partial charge in [0.2, 0.25) is 0 Å². The third-order valence-corrected chi connectivity index (χ3v) is 5.82. The van der Waals surface area contributed by atoms with E-state index in [1.807, 2.05) is 0 Å². The number of hydrogen-bond acceptors (Lipinski definition) is 0. The van der Waals surface area contributed by atoms with Gasteiger partial charge in [-0.3, -0.25) is 0 Å². The van der Waals surface area contributed by atoms with E-state index in [1.165, 1.54) is 45.1 Å². The van der Waals surface area contributed by atoms with Gasteiger partial charge in [-0.15, -0.1) is 0 Å². The number of H-pyrrole nitrogens is 4. The number of rotatable bonds is 0. The van der Waals surface area contributed by atoms with Crippen LogP contribution in [0.5, 0.6) is 0 Å². The molecule has 5 rings (SSSR count). The SMILES string of the molecule is CC(C)=C1c2ccc([nH]2)Cc2ccc([nH]2)C(=C(C)C)c2ccc([nH]2)Cc2ccc1[nH]2. The van der Waals surface area contributed by atoms with Crippen LogP contribution in [0.15, 0.2) is 59.7 Å². The van der Waals surface area contributed by atoms with E-state index in [-0.39, 0.29) is 0 Å². The molecular formula is C26H28N4. The van der Waals surface area contributed by atoms with E-state index < -0.39 is 0 Å². The Labute approximate surface area is 177 Å². The Morgan fingerprint density at radius 1 is 0.467 bits per heavy atom. The first kappa shape index (κ1) is 18.6. The van der Waals surface area contributed by atoms with E-state index in [0.717, 1.165) is 35.6 Å². The van der Waals surface area contributed by atoms with E-state index in [0.29, 0.717) is 0 Å². The van der Waals surface area contributed by atoms with Crippen LogP contribution in [0.25, 0.3) is 11.1 Å². The van der Waals surface area contributed by atoms with Crippen LogP contribution in [0.4, 0.5) is 0 Å². The van der Waals surface area contributed by atoms with Crippen molar-refractivity contribution in [2.75, 3.05) is 0 Å². The summed E-state index contributed by atoms with van der Waals surface area (Å²) in [5, 5.41) is 0. The molecule has 1 aliphatic heterocycles. The second-order valence-electron chi connectivity index (χ2n) is 8.69. The van der Waals surface area contributed by atoms with Crippen molar-refractivity contribution in [1.82, 2.24) is 19.9 Å². The minimum absolute atomic E-state index is 0.845. The first-order valence-corrected chi connectivity index (χ1v) is 10.6. The number of nitrogens with one attached hydrogen (secondary N) is 4. The van der Waals surface area contributed by atoms with Gasteiger partial charge in [-0.05, 0) is 76.2 Å². The lowest BCUT2D eigenvalue weighted by molar-refractivity contribution is 1.02. The second kappa shape index (κ2) is 7.13. The molecule has 0 radical (unpaired) electrons. The molecule has 0 saturated carbocycles. The molecule has 4 nitrogen and oxygen atoms in total. The number of aromatic nitrogens is 4. The van der Waals surface area contributed by atoms with Crippen LogP contribution in [0.3, 0.4) is 0 Å². The van der Waals surface area contributed by atoms with Crippen LogP contribution in [0.2, 0.25) is 0 Å². The highest BCUT2D eigenvalue weighted by Crippen LogP contribution is 2.30. The summed E-state index contributed by atoms with van der Waals surface area (Å²) in [6, 6.07) is 17.5. The van der Waals surface area contributed by atoms with Crippen LogP contribution < -0.4 is 0 Å². The molecule has 0 saturated heterocycles. The Balaban J connectivity index is 1.68. The van der Waals surface area contributed by atoms with Gasteiger partial charge in [0.15, 0.2) is 0 Å². The zero-order valence-electron chi connectivity index (χ0n) is 18.0. The predicted molar refractivity (Wildman–Crippen MR) is 124 cm³/mol. The zero-order chi connectivity index (χ0) is 20.8. The van der Waals surface area contributed by atoms with E-state index in [9.17, 15) is 0 Å². The molecule has 0 spiro atoms. The number of aromatic amines is 4. The Kier molecular flexibility index (Phi) is 4.43. The molecule has 4 heteroatoms. The van der Waals surface area contributed by atoms with Crippen LogP contribution in [0, 0.1) is 0 Å². The van der Waals surface area contributed by atoms with Gasteiger partial charge in [0.05, 0.1) is 0 Å². The van der Waals surface area contributed by atoms with Gasteiger partial charge in [-0.2, -0.15) is 0 Å². The molecule has 152 valence electrons. The average Bonchev–Trinajstić information content (AvgIpc) is 3.46. The summed E-state index contributed by atoms with van der Waals surface area (Å²) in [5.41, 5.74) is 14.5. The van der Waals surface area contributed by atoms with E-state index in [1.54, 1.807) is 0 Å². The Bertz CT molecular complexity index is 1090. The Morgan fingerprint density at radius 2 is 0.733 bits per heavy atom. The van der Waals surface area contributed by atoms with E-state index in [4.69, 9.17) is 0 Å². The van der Waals surface area contributed by atoms with Crippen molar-refractivity contribution in [2.45, 2.75) is 40.5 Å². The average molecular weight is 397 g/mol. The molecule has 0 amide bonds. The quantitative estimate of drug-likeness (QED) is 0.242. The topological polar surface area (TPSA) is 63.2 Å². The van der Waals surface area contributed by atoms with Gasteiger partial charge in [-0.25, -0.2) is 0 Å². The lowest BCUT2D eigenvalue weighted by atomic mass is 10.0. The molecule has 5 heterocycles. The van der Waals surface area contributed by atoms with Gasteiger partial charge in [0.25, 0.3) is 0 Å². The summed E-state index contributed by atoms with van der Waals surface area (Å²) < 4.78 is 0. The maximum atomic E-state index is 3.64. The van der Waals surface area contributed by atoms with Crippen molar-refractivity contribution in [1.29, 1.82) is 0 Å². The second-order valence-corrected chi connectivity index (χ2v) is 8.69. The van der Waals surface area contributed by atoms with Crippen molar-refractivity contribution >= 4 is 11.1 Å². The minimum atomic E-state index is 0.845. The maximum Gasteiger partial charge on any atom is 0.0476 e. The molecule has 4 aromatic heterocycles. The normalized spacial score (nSPS) is 13.6. The molecule has 0 fully saturated rings. The first-order valence-electron chi connectivity index (χ1n) is 10.6. The first-order chi connectivity index (χ1) is 14.5. The highest BCUT2D eigenvalue weighted by molar-refractivity contribution is 5.79. The summed E-state index contributed by atoms with van der Waals surface area (Å²) >= 11 is 0. The molecule has 4 N–H and O–H groups in total. The summed E-state index contributed by atoms with van der Waals surface area (Å²) in [4.78, 5) is 14.6. The van der Waals surface area contributed by atoms with Crippen molar-refractivity contribution in [3.8, 4) is 0 Å². The standard InChI is InChI=1S/C26H28N4/c1-15(2)25-21-9-5-17(27-21)13-19-7-11-23(29-19)26(16(3)4)24-12-8-20(30-24)14-18-6-10-22(25)28-18/h5-12,27-30H,13-14H2,1-4H3. The molecule has 0 aromatic carbocycles. The molecule has 1 aliphatic rings. The van der Waals surface area contributed by atoms with Crippen molar-refractivity contribution < 1.29 is 0 Å². The largest absolute Gasteiger partial charge is 0.358 e.